The lowest BCUT2D eigenvalue weighted by Crippen LogP contribution is -2.33. The number of nitrogen functional groups attached to an aromatic ring is 1. The average molecular weight is 388 g/mol. The molecule has 4 nitrogen and oxygen atoms in total. The van der Waals surface area contributed by atoms with E-state index in [0.717, 1.165) is 29.2 Å². The summed E-state index contributed by atoms with van der Waals surface area (Å²) in [6, 6.07) is 13.1. The summed E-state index contributed by atoms with van der Waals surface area (Å²) < 4.78 is 0.879. The van der Waals surface area contributed by atoms with E-state index < -0.39 is 0 Å². The molecule has 126 valence electrons. The molecule has 0 saturated carbocycles. The summed E-state index contributed by atoms with van der Waals surface area (Å²) in [5, 5.41) is 2.91. The maximum Gasteiger partial charge on any atom is 0.255 e. The normalized spacial score (nSPS) is 15.3. The molecular formula is C19H22BrN3O. The fourth-order valence-corrected chi connectivity index (χ4v) is 3.40. The van der Waals surface area contributed by atoms with Crippen molar-refractivity contribution in [1.82, 2.24) is 0 Å². The third kappa shape index (κ3) is 3.90. The van der Waals surface area contributed by atoms with Crippen LogP contribution in [0.15, 0.2) is 46.9 Å². The number of rotatable bonds is 3. The summed E-state index contributed by atoms with van der Waals surface area (Å²) in [6.07, 6.45) is 2.39. The molecule has 0 bridgehead atoms. The average Bonchev–Trinajstić information content (AvgIpc) is 2.56. The molecule has 0 aliphatic carbocycles. The number of nitrogens with one attached hydrogen (secondary N) is 1. The van der Waals surface area contributed by atoms with Gasteiger partial charge in [-0.05, 0) is 55.2 Å². The minimum atomic E-state index is -0.143. The number of carbonyl (C=O) groups excluding carboxylic acids is 1. The van der Waals surface area contributed by atoms with Crippen molar-refractivity contribution >= 4 is 38.9 Å². The molecule has 2 aromatic carbocycles. The van der Waals surface area contributed by atoms with Gasteiger partial charge in [0.15, 0.2) is 0 Å². The summed E-state index contributed by atoms with van der Waals surface area (Å²) in [5.74, 6) is 0.640. The van der Waals surface area contributed by atoms with Crippen LogP contribution in [0, 0.1) is 5.92 Å². The third-order valence-electron chi connectivity index (χ3n) is 4.50. The Labute approximate surface area is 151 Å². The molecule has 0 atom stereocenters. The Balaban J connectivity index is 1.71. The Morgan fingerprint density at radius 2 is 1.96 bits per heavy atom. The number of nitrogens with zero attached hydrogens (tertiary/aromatic N) is 1. The van der Waals surface area contributed by atoms with Gasteiger partial charge in [0.05, 0.1) is 11.4 Å². The topological polar surface area (TPSA) is 58.4 Å². The minimum Gasteiger partial charge on any atom is -0.397 e. The maximum absolute atomic E-state index is 12.3. The van der Waals surface area contributed by atoms with Gasteiger partial charge < -0.3 is 16.0 Å². The standard InChI is InChI=1S/C19H22BrN3O/c1-13-7-9-23(10-8-13)18-6-5-16(12-17(18)21)22-19(24)14-3-2-4-15(20)11-14/h2-6,11-13H,7-10,21H2,1H3,(H,22,24). The largest absolute Gasteiger partial charge is 0.397 e. The molecule has 1 amide bonds. The van der Waals surface area contributed by atoms with E-state index in [4.69, 9.17) is 5.73 Å². The van der Waals surface area contributed by atoms with Gasteiger partial charge in [-0.15, -0.1) is 0 Å². The fourth-order valence-electron chi connectivity index (χ4n) is 3.00. The van der Waals surface area contributed by atoms with E-state index in [0.29, 0.717) is 16.9 Å². The molecule has 1 saturated heterocycles. The van der Waals surface area contributed by atoms with Gasteiger partial charge >= 0.3 is 0 Å². The lowest BCUT2D eigenvalue weighted by Gasteiger charge is -2.33. The summed E-state index contributed by atoms with van der Waals surface area (Å²) >= 11 is 3.38. The van der Waals surface area contributed by atoms with Crippen molar-refractivity contribution in [3.05, 3.63) is 52.5 Å². The SMILES string of the molecule is CC1CCN(c2ccc(NC(=O)c3cccc(Br)c3)cc2N)CC1. The van der Waals surface area contributed by atoms with Gasteiger partial charge in [-0.25, -0.2) is 0 Å². The molecule has 0 unspecified atom stereocenters. The number of benzene rings is 2. The zero-order chi connectivity index (χ0) is 17.1. The van der Waals surface area contributed by atoms with Crippen molar-refractivity contribution in [2.45, 2.75) is 19.8 Å². The fraction of sp³-hybridized carbons (Fsp3) is 0.316. The first kappa shape index (κ1) is 16.8. The van der Waals surface area contributed by atoms with Crippen molar-refractivity contribution < 1.29 is 4.79 Å². The number of halogens is 1. The van der Waals surface area contributed by atoms with Gasteiger partial charge in [-0.3, -0.25) is 4.79 Å². The molecule has 3 rings (SSSR count). The predicted octanol–water partition coefficient (Wildman–Crippen LogP) is 4.52. The molecule has 1 aliphatic heterocycles. The van der Waals surface area contributed by atoms with Crippen molar-refractivity contribution in [1.29, 1.82) is 0 Å². The van der Waals surface area contributed by atoms with Gasteiger partial charge in [0, 0.05) is 28.8 Å². The lowest BCUT2D eigenvalue weighted by atomic mass is 9.98. The van der Waals surface area contributed by atoms with Gasteiger partial charge in [0.1, 0.15) is 0 Å². The number of nitrogens with two attached hydrogens (primary N) is 1. The van der Waals surface area contributed by atoms with Gasteiger partial charge in [0.25, 0.3) is 5.91 Å². The van der Waals surface area contributed by atoms with E-state index >= 15 is 0 Å². The second kappa shape index (κ2) is 7.26. The van der Waals surface area contributed by atoms with E-state index in [1.165, 1.54) is 12.8 Å². The van der Waals surface area contributed by atoms with Crippen molar-refractivity contribution in [2.75, 3.05) is 29.0 Å². The van der Waals surface area contributed by atoms with Crippen LogP contribution in [0.3, 0.4) is 0 Å². The molecule has 0 aromatic heterocycles. The van der Waals surface area contributed by atoms with Crippen LogP contribution >= 0.6 is 15.9 Å². The Bertz CT molecular complexity index is 739. The monoisotopic (exact) mass is 387 g/mol. The highest BCUT2D eigenvalue weighted by Gasteiger charge is 2.18. The van der Waals surface area contributed by atoms with Crippen LogP contribution < -0.4 is 16.0 Å². The number of piperidine rings is 1. The molecule has 2 aromatic rings. The van der Waals surface area contributed by atoms with Crippen LogP contribution in [0.5, 0.6) is 0 Å². The smallest absolute Gasteiger partial charge is 0.255 e. The summed E-state index contributed by atoms with van der Waals surface area (Å²) in [7, 11) is 0. The van der Waals surface area contributed by atoms with E-state index in [1.54, 1.807) is 12.1 Å². The van der Waals surface area contributed by atoms with Crippen molar-refractivity contribution in [3.63, 3.8) is 0 Å². The Morgan fingerprint density at radius 3 is 2.62 bits per heavy atom. The Kier molecular flexibility index (Phi) is 5.09. The third-order valence-corrected chi connectivity index (χ3v) is 4.99. The van der Waals surface area contributed by atoms with Crippen LogP contribution in [0.25, 0.3) is 0 Å². The Hall–Kier alpha value is -2.01. The molecule has 1 fully saturated rings. The molecule has 3 N–H and O–H groups in total. The van der Waals surface area contributed by atoms with E-state index in [9.17, 15) is 4.79 Å². The van der Waals surface area contributed by atoms with Crippen molar-refractivity contribution in [3.8, 4) is 0 Å². The number of anilines is 3. The quantitative estimate of drug-likeness (QED) is 0.761. The summed E-state index contributed by atoms with van der Waals surface area (Å²) in [4.78, 5) is 14.6. The molecule has 24 heavy (non-hydrogen) atoms. The van der Waals surface area contributed by atoms with Gasteiger partial charge in [-0.2, -0.15) is 0 Å². The zero-order valence-electron chi connectivity index (χ0n) is 13.8. The number of hydrogen-bond acceptors (Lipinski definition) is 3. The number of carbonyl (C=O) groups is 1. The lowest BCUT2D eigenvalue weighted by molar-refractivity contribution is 0.102. The molecular weight excluding hydrogens is 366 g/mol. The first-order valence-corrected chi connectivity index (χ1v) is 9.03. The maximum atomic E-state index is 12.3. The van der Waals surface area contributed by atoms with Crippen LogP contribution in [0.4, 0.5) is 17.1 Å². The van der Waals surface area contributed by atoms with Crippen LogP contribution in [-0.4, -0.2) is 19.0 Å². The molecule has 0 radical (unpaired) electrons. The second-order valence-electron chi connectivity index (χ2n) is 6.41. The number of amides is 1. The van der Waals surface area contributed by atoms with Gasteiger partial charge in [-0.1, -0.05) is 28.9 Å². The molecule has 1 aliphatic rings. The highest BCUT2D eigenvalue weighted by atomic mass is 79.9. The summed E-state index contributed by atoms with van der Waals surface area (Å²) in [5.41, 5.74) is 9.31. The van der Waals surface area contributed by atoms with E-state index in [2.05, 4.69) is 33.1 Å². The van der Waals surface area contributed by atoms with Gasteiger partial charge in [0.2, 0.25) is 0 Å². The Morgan fingerprint density at radius 1 is 1.21 bits per heavy atom. The van der Waals surface area contributed by atoms with Crippen LogP contribution in [-0.2, 0) is 0 Å². The van der Waals surface area contributed by atoms with Crippen LogP contribution in [0.1, 0.15) is 30.1 Å². The molecule has 1 heterocycles. The first-order valence-electron chi connectivity index (χ1n) is 8.24. The van der Waals surface area contributed by atoms with E-state index in [-0.39, 0.29) is 5.91 Å². The highest BCUT2D eigenvalue weighted by Crippen LogP contribution is 2.30. The highest BCUT2D eigenvalue weighted by molar-refractivity contribution is 9.10. The molecule has 5 heteroatoms. The van der Waals surface area contributed by atoms with E-state index in [1.807, 2.05) is 30.3 Å². The van der Waals surface area contributed by atoms with Crippen molar-refractivity contribution in [2.24, 2.45) is 5.92 Å². The minimum absolute atomic E-state index is 0.143. The number of hydrogen-bond donors (Lipinski definition) is 2. The zero-order valence-corrected chi connectivity index (χ0v) is 15.3. The van der Waals surface area contributed by atoms with Crippen LogP contribution in [0.2, 0.25) is 0 Å². The molecule has 0 spiro atoms. The first-order chi connectivity index (χ1) is 11.5. The summed E-state index contributed by atoms with van der Waals surface area (Å²) in [6.45, 7) is 4.37. The second-order valence-corrected chi connectivity index (χ2v) is 7.32. The predicted molar refractivity (Wildman–Crippen MR) is 104 cm³/mol.